The molecular weight excluding hydrogens is 320 g/mol. The summed E-state index contributed by atoms with van der Waals surface area (Å²) in [5, 5.41) is 25.5. The van der Waals surface area contributed by atoms with E-state index in [0.29, 0.717) is 12.8 Å². The van der Waals surface area contributed by atoms with Gasteiger partial charge < -0.3 is 25.7 Å². The molecule has 3 amide bonds. The molecule has 11 nitrogen and oxygen atoms in total. The quantitative estimate of drug-likeness (QED) is 0.138. The summed E-state index contributed by atoms with van der Waals surface area (Å²) < 4.78 is 0. The second-order valence-corrected chi connectivity index (χ2v) is 4.81. The predicted molar refractivity (Wildman–Crippen MR) is 84.6 cm³/mol. The van der Waals surface area contributed by atoms with Crippen LogP contribution in [0.3, 0.4) is 0 Å². The van der Waals surface area contributed by atoms with Crippen molar-refractivity contribution in [3.63, 3.8) is 0 Å². The number of azide groups is 1. The molecule has 0 aromatic rings. The van der Waals surface area contributed by atoms with E-state index in [1.807, 2.05) is 0 Å². The fourth-order valence-corrected chi connectivity index (χ4v) is 1.74. The molecule has 0 unspecified atom stereocenters. The highest BCUT2D eigenvalue weighted by Gasteiger charge is 2.19. The second-order valence-electron chi connectivity index (χ2n) is 4.81. The molecule has 0 bridgehead atoms. The molecule has 0 aromatic heterocycles. The Bertz CT molecular complexity index is 430. The van der Waals surface area contributed by atoms with E-state index < -0.39 is 11.8 Å². The van der Waals surface area contributed by atoms with Gasteiger partial charge in [-0.3, -0.25) is 14.4 Å². The van der Waals surface area contributed by atoms with Crippen LogP contribution in [0.4, 0.5) is 0 Å². The minimum absolute atomic E-state index is 0.0593. The Balaban J connectivity index is 4.52. The Hall–Kier alpha value is -2.36. The average Bonchev–Trinajstić information content (AvgIpc) is 2.57. The highest BCUT2D eigenvalue weighted by atomic mass is 16.3. The van der Waals surface area contributed by atoms with Crippen LogP contribution < -0.4 is 10.6 Å². The molecule has 0 saturated carbocycles. The summed E-state index contributed by atoms with van der Waals surface area (Å²) in [5.41, 5.74) is 8.16. The molecule has 0 heterocycles. The van der Waals surface area contributed by atoms with E-state index in [4.69, 9.17) is 15.7 Å². The highest BCUT2D eigenvalue weighted by molar-refractivity contribution is 5.89. The number of nitrogens with zero attached hydrogens (tertiary/aromatic N) is 4. The maximum Gasteiger partial charge on any atom is 0.239 e. The van der Waals surface area contributed by atoms with Gasteiger partial charge in [-0.1, -0.05) is 5.11 Å². The van der Waals surface area contributed by atoms with Crippen LogP contribution in [0.2, 0.25) is 0 Å². The first-order valence-electron chi connectivity index (χ1n) is 7.58. The van der Waals surface area contributed by atoms with Crippen molar-refractivity contribution in [2.75, 3.05) is 45.9 Å². The zero-order valence-electron chi connectivity index (χ0n) is 13.5. The van der Waals surface area contributed by atoms with Gasteiger partial charge in [0.05, 0.1) is 13.2 Å². The monoisotopic (exact) mass is 344 g/mol. The van der Waals surface area contributed by atoms with E-state index in [9.17, 15) is 14.4 Å². The van der Waals surface area contributed by atoms with Crippen molar-refractivity contribution in [3.8, 4) is 0 Å². The summed E-state index contributed by atoms with van der Waals surface area (Å²) in [7, 11) is 0. The van der Waals surface area contributed by atoms with Crippen LogP contribution in [0, 0.1) is 0 Å². The normalized spacial score (nSPS) is 9.75. The molecule has 0 fully saturated rings. The fraction of sp³-hybridized carbons (Fsp3) is 0.769. The molecule has 0 aliphatic carbocycles. The van der Waals surface area contributed by atoms with Gasteiger partial charge >= 0.3 is 0 Å². The Morgan fingerprint density at radius 3 is 2.00 bits per heavy atom. The van der Waals surface area contributed by atoms with Crippen molar-refractivity contribution in [1.29, 1.82) is 0 Å². The number of unbranched alkanes of at least 4 members (excludes halogenated alkanes) is 1. The molecule has 0 aromatic carbocycles. The molecule has 11 heteroatoms. The van der Waals surface area contributed by atoms with Gasteiger partial charge in [0.25, 0.3) is 0 Å². The Labute approximate surface area is 139 Å². The molecule has 0 radical (unpaired) electrons. The Morgan fingerprint density at radius 2 is 1.54 bits per heavy atom. The first-order valence-corrected chi connectivity index (χ1v) is 7.58. The maximum absolute atomic E-state index is 12.2. The number of hydrogen-bond donors (Lipinski definition) is 4. The third-order valence-corrected chi connectivity index (χ3v) is 2.85. The minimum Gasteiger partial charge on any atom is -0.395 e. The van der Waals surface area contributed by atoms with Gasteiger partial charge in [-0.15, -0.1) is 0 Å². The number of aliphatic hydroxyl groups is 2. The average molecular weight is 344 g/mol. The number of nitrogens with one attached hydrogen (secondary N) is 2. The van der Waals surface area contributed by atoms with E-state index in [2.05, 4.69) is 20.7 Å². The van der Waals surface area contributed by atoms with E-state index in [-0.39, 0.29) is 58.3 Å². The highest BCUT2D eigenvalue weighted by Crippen LogP contribution is 2.02. The third kappa shape index (κ3) is 11.2. The second kappa shape index (κ2) is 14.2. The molecule has 0 rings (SSSR count). The van der Waals surface area contributed by atoms with Gasteiger partial charge in [0.15, 0.2) is 0 Å². The summed E-state index contributed by atoms with van der Waals surface area (Å²) in [6, 6.07) is 0. The molecule has 0 spiro atoms. The lowest BCUT2D eigenvalue weighted by molar-refractivity contribution is -0.139. The molecule has 0 saturated heterocycles. The number of aliphatic hydroxyl groups excluding tert-OH is 2. The number of hydrogen-bond acceptors (Lipinski definition) is 6. The van der Waals surface area contributed by atoms with Gasteiger partial charge in [-0.2, -0.15) is 0 Å². The van der Waals surface area contributed by atoms with Crippen LogP contribution in [0.25, 0.3) is 10.4 Å². The van der Waals surface area contributed by atoms with Crippen LogP contribution in [-0.4, -0.2) is 78.8 Å². The van der Waals surface area contributed by atoms with E-state index in [1.54, 1.807) is 0 Å². The summed E-state index contributed by atoms with van der Waals surface area (Å²) in [6.45, 7) is -0.666. The smallest absolute Gasteiger partial charge is 0.239 e. The lowest BCUT2D eigenvalue weighted by atomic mass is 10.2. The van der Waals surface area contributed by atoms with Crippen molar-refractivity contribution in [1.82, 2.24) is 15.5 Å². The van der Waals surface area contributed by atoms with Crippen LogP contribution in [-0.2, 0) is 14.4 Å². The molecule has 0 aliphatic rings. The van der Waals surface area contributed by atoms with Crippen molar-refractivity contribution >= 4 is 17.7 Å². The first-order chi connectivity index (χ1) is 11.5. The molecule has 4 N–H and O–H groups in total. The number of carbonyl (C=O) groups excluding carboxylic acids is 3. The molecular formula is C13H24N6O5. The Morgan fingerprint density at radius 1 is 1.00 bits per heavy atom. The standard InChI is InChI=1S/C13H24N6O5/c14-18-17-4-2-1-3-13(24)19(9-11(22)15-5-7-20)10-12(23)16-6-8-21/h20-21H,1-10H2,(H,15,22)(H,16,23). The SMILES string of the molecule is [N-]=[N+]=NCCCCC(=O)N(CC(=O)NCCO)CC(=O)NCCO. The zero-order valence-corrected chi connectivity index (χ0v) is 13.5. The van der Waals surface area contributed by atoms with E-state index in [0.717, 1.165) is 4.90 Å². The van der Waals surface area contributed by atoms with Crippen molar-refractivity contribution < 1.29 is 24.6 Å². The van der Waals surface area contributed by atoms with Gasteiger partial charge in [0.2, 0.25) is 17.7 Å². The minimum atomic E-state index is -0.485. The lowest BCUT2D eigenvalue weighted by Gasteiger charge is -2.21. The molecule has 24 heavy (non-hydrogen) atoms. The summed E-state index contributed by atoms with van der Waals surface area (Å²) >= 11 is 0. The van der Waals surface area contributed by atoms with Crippen molar-refractivity contribution in [2.24, 2.45) is 5.11 Å². The lowest BCUT2D eigenvalue weighted by Crippen LogP contribution is -2.46. The van der Waals surface area contributed by atoms with Gasteiger partial charge in [-0.05, 0) is 18.4 Å². The number of carbonyl (C=O) groups is 3. The first kappa shape index (κ1) is 21.6. The maximum atomic E-state index is 12.2. The fourth-order valence-electron chi connectivity index (χ4n) is 1.74. The van der Waals surface area contributed by atoms with Gasteiger partial charge in [-0.25, -0.2) is 0 Å². The molecule has 0 aliphatic heterocycles. The largest absolute Gasteiger partial charge is 0.395 e. The van der Waals surface area contributed by atoms with Crippen LogP contribution in [0.1, 0.15) is 19.3 Å². The van der Waals surface area contributed by atoms with E-state index in [1.165, 1.54) is 0 Å². The van der Waals surface area contributed by atoms with Crippen LogP contribution >= 0.6 is 0 Å². The topological polar surface area (TPSA) is 168 Å². The van der Waals surface area contributed by atoms with E-state index >= 15 is 0 Å². The van der Waals surface area contributed by atoms with Crippen LogP contribution in [0.5, 0.6) is 0 Å². The predicted octanol–water partition coefficient (Wildman–Crippen LogP) is -1.49. The summed E-state index contributed by atoms with van der Waals surface area (Å²) in [4.78, 5) is 39.2. The van der Waals surface area contributed by atoms with Gasteiger partial charge in [0.1, 0.15) is 13.1 Å². The molecule has 136 valence electrons. The van der Waals surface area contributed by atoms with Crippen molar-refractivity contribution in [3.05, 3.63) is 10.4 Å². The summed E-state index contributed by atoms with van der Waals surface area (Å²) in [5.74, 6) is -1.35. The number of rotatable bonds is 13. The van der Waals surface area contributed by atoms with Crippen molar-refractivity contribution in [2.45, 2.75) is 19.3 Å². The van der Waals surface area contributed by atoms with Crippen LogP contribution in [0.15, 0.2) is 5.11 Å². The van der Waals surface area contributed by atoms with Gasteiger partial charge in [0, 0.05) is 31.0 Å². The summed E-state index contributed by atoms with van der Waals surface area (Å²) in [6.07, 6.45) is 1.10. The Kier molecular flexibility index (Phi) is 12.8. The zero-order chi connectivity index (χ0) is 18.2. The molecule has 0 atom stereocenters. The third-order valence-electron chi connectivity index (χ3n) is 2.85. The number of amides is 3.